The number of hydrogen-bond acceptors (Lipinski definition) is 4. The maximum atomic E-state index is 5.44. The van der Waals surface area contributed by atoms with E-state index in [1.807, 2.05) is 34.9 Å². The molecule has 28 heavy (non-hydrogen) atoms. The number of hydrogen-bond donors (Lipinski definition) is 2. The lowest BCUT2D eigenvalue weighted by Crippen LogP contribution is -2.38. The van der Waals surface area contributed by atoms with Gasteiger partial charge in [0.15, 0.2) is 11.6 Å². The minimum atomic E-state index is 0.786. The summed E-state index contributed by atoms with van der Waals surface area (Å²) in [5.74, 6) is 2.71. The smallest absolute Gasteiger partial charge is 0.190 e. The Balaban J connectivity index is 1.42. The van der Waals surface area contributed by atoms with Crippen LogP contribution in [0.15, 0.2) is 47.6 Å². The van der Waals surface area contributed by atoms with Gasteiger partial charge in [-0.15, -0.1) is 10.2 Å². The molecular formula is C21H28N6O. The quantitative estimate of drug-likeness (QED) is 0.357. The minimum Gasteiger partial charge on any atom is -0.496 e. The van der Waals surface area contributed by atoms with E-state index >= 15 is 0 Å². The van der Waals surface area contributed by atoms with Gasteiger partial charge >= 0.3 is 0 Å². The SMILES string of the molecule is CN=C(NCCCc1nnc2ccccn12)NCCc1cc(C)ccc1OC. The lowest BCUT2D eigenvalue weighted by molar-refractivity contribution is 0.409. The summed E-state index contributed by atoms with van der Waals surface area (Å²) < 4.78 is 7.47. The molecule has 0 aliphatic carbocycles. The molecule has 0 saturated heterocycles. The number of nitrogens with one attached hydrogen (secondary N) is 2. The first-order chi connectivity index (χ1) is 13.7. The topological polar surface area (TPSA) is 75.8 Å². The first kappa shape index (κ1) is 19.7. The second-order valence-corrected chi connectivity index (χ2v) is 6.64. The van der Waals surface area contributed by atoms with Gasteiger partial charge in [-0.05, 0) is 43.5 Å². The highest BCUT2D eigenvalue weighted by Gasteiger charge is 2.06. The van der Waals surface area contributed by atoms with Crippen LogP contribution in [-0.4, -0.2) is 47.8 Å². The van der Waals surface area contributed by atoms with Crippen LogP contribution < -0.4 is 15.4 Å². The number of aromatic nitrogens is 3. The van der Waals surface area contributed by atoms with Crippen LogP contribution in [0.4, 0.5) is 0 Å². The lowest BCUT2D eigenvalue weighted by Gasteiger charge is -2.13. The van der Waals surface area contributed by atoms with E-state index in [9.17, 15) is 0 Å². The van der Waals surface area contributed by atoms with Gasteiger partial charge in [-0.2, -0.15) is 0 Å². The maximum Gasteiger partial charge on any atom is 0.190 e. The summed E-state index contributed by atoms with van der Waals surface area (Å²) in [4.78, 5) is 4.29. The van der Waals surface area contributed by atoms with Crippen LogP contribution in [0.1, 0.15) is 23.4 Å². The summed E-state index contributed by atoms with van der Waals surface area (Å²) in [6.07, 6.45) is 4.67. The standard InChI is InChI=1S/C21H28N6O/c1-16-9-10-18(28-3)17(15-16)11-13-24-21(22-2)23-12-6-8-20-26-25-19-7-4-5-14-27(19)20/h4-5,7,9-10,14-15H,6,8,11-13H2,1-3H3,(H2,22,23,24). The van der Waals surface area contributed by atoms with E-state index in [0.717, 1.165) is 55.5 Å². The summed E-state index contributed by atoms with van der Waals surface area (Å²) in [7, 11) is 3.50. The Morgan fingerprint density at radius 2 is 1.96 bits per heavy atom. The van der Waals surface area contributed by atoms with Crippen LogP contribution in [0.3, 0.4) is 0 Å². The molecule has 1 aromatic carbocycles. The number of benzene rings is 1. The molecule has 3 aromatic rings. The Morgan fingerprint density at radius 1 is 1.11 bits per heavy atom. The highest BCUT2D eigenvalue weighted by Crippen LogP contribution is 2.19. The van der Waals surface area contributed by atoms with Gasteiger partial charge in [0.1, 0.15) is 11.6 Å². The van der Waals surface area contributed by atoms with Gasteiger partial charge in [-0.25, -0.2) is 0 Å². The van der Waals surface area contributed by atoms with Crippen LogP contribution in [0.2, 0.25) is 0 Å². The minimum absolute atomic E-state index is 0.786. The van der Waals surface area contributed by atoms with Crippen molar-refractivity contribution < 1.29 is 4.74 Å². The van der Waals surface area contributed by atoms with Crippen molar-refractivity contribution in [3.63, 3.8) is 0 Å². The molecule has 3 rings (SSSR count). The summed E-state index contributed by atoms with van der Waals surface area (Å²) >= 11 is 0. The molecule has 0 aliphatic rings. The molecule has 2 heterocycles. The fraction of sp³-hybridized carbons (Fsp3) is 0.381. The number of fused-ring (bicyclic) bond motifs is 1. The molecule has 0 amide bonds. The van der Waals surface area contributed by atoms with Gasteiger partial charge < -0.3 is 15.4 Å². The van der Waals surface area contributed by atoms with Crippen LogP contribution in [0, 0.1) is 6.92 Å². The zero-order valence-corrected chi connectivity index (χ0v) is 16.8. The number of aryl methyl sites for hydroxylation is 2. The Hall–Kier alpha value is -3.09. The van der Waals surface area contributed by atoms with Crippen molar-refractivity contribution in [1.29, 1.82) is 0 Å². The number of ether oxygens (including phenoxy) is 1. The molecule has 0 spiro atoms. The molecule has 7 heteroatoms. The van der Waals surface area contributed by atoms with E-state index in [1.165, 1.54) is 11.1 Å². The monoisotopic (exact) mass is 380 g/mol. The molecule has 0 bridgehead atoms. The molecule has 0 fully saturated rings. The van der Waals surface area contributed by atoms with E-state index in [1.54, 1.807) is 14.2 Å². The fourth-order valence-corrected chi connectivity index (χ4v) is 3.15. The molecule has 7 nitrogen and oxygen atoms in total. The van der Waals surface area contributed by atoms with Crippen molar-refractivity contribution in [2.24, 2.45) is 4.99 Å². The van der Waals surface area contributed by atoms with Crippen LogP contribution in [0.5, 0.6) is 5.75 Å². The number of aliphatic imine (C=N–C) groups is 1. The fourth-order valence-electron chi connectivity index (χ4n) is 3.15. The van der Waals surface area contributed by atoms with Crippen molar-refractivity contribution in [1.82, 2.24) is 25.2 Å². The molecule has 0 saturated carbocycles. The Kier molecular flexibility index (Phi) is 6.84. The molecule has 148 valence electrons. The van der Waals surface area contributed by atoms with E-state index in [-0.39, 0.29) is 0 Å². The second-order valence-electron chi connectivity index (χ2n) is 6.64. The average Bonchev–Trinajstić information content (AvgIpc) is 3.13. The van der Waals surface area contributed by atoms with E-state index in [0.29, 0.717) is 0 Å². The first-order valence-electron chi connectivity index (χ1n) is 9.58. The molecule has 0 unspecified atom stereocenters. The number of rotatable bonds is 8. The van der Waals surface area contributed by atoms with Crippen molar-refractivity contribution in [3.8, 4) is 5.75 Å². The number of pyridine rings is 1. The van der Waals surface area contributed by atoms with Crippen molar-refractivity contribution in [2.75, 3.05) is 27.2 Å². The van der Waals surface area contributed by atoms with Crippen molar-refractivity contribution in [3.05, 3.63) is 59.5 Å². The molecule has 2 N–H and O–H groups in total. The molecule has 0 atom stereocenters. The number of methoxy groups -OCH3 is 1. The number of guanidine groups is 1. The van der Waals surface area contributed by atoms with Crippen LogP contribution in [-0.2, 0) is 12.8 Å². The Bertz CT molecular complexity index is 934. The van der Waals surface area contributed by atoms with Gasteiger partial charge in [0, 0.05) is 32.8 Å². The predicted molar refractivity (Wildman–Crippen MR) is 112 cm³/mol. The third kappa shape index (κ3) is 5.00. The average molecular weight is 380 g/mol. The third-order valence-electron chi connectivity index (χ3n) is 4.60. The molecule has 2 aromatic heterocycles. The Labute approximate surface area is 165 Å². The third-order valence-corrected chi connectivity index (χ3v) is 4.60. The van der Waals surface area contributed by atoms with Gasteiger partial charge in [-0.1, -0.05) is 23.8 Å². The molecule has 0 aliphatic heterocycles. The van der Waals surface area contributed by atoms with Crippen LogP contribution in [0.25, 0.3) is 5.65 Å². The van der Waals surface area contributed by atoms with Crippen LogP contribution >= 0.6 is 0 Å². The van der Waals surface area contributed by atoms with Crippen molar-refractivity contribution >= 4 is 11.6 Å². The summed E-state index contributed by atoms with van der Waals surface area (Å²) in [6.45, 7) is 3.69. The van der Waals surface area contributed by atoms with E-state index < -0.39 is 0 Å². The second kappa shape index (κ2) is 9.73. The highest BCUT2D eigenvalue weighted by atomic mass is 16.5. The molecule has 0 radical (unpaired) electrons. The normalized spacial score (nSPS) is 11.6. The van der Waals surface area contributed by atoms with Gasteiger partial charge in [-0.3, -0.25) is 9.39 Å². The first-order valence-corrected chi connectivity index (χ1v) is 9.58. The zero-order chi connectivity index (χ0) is 19.8. The Morgan fingerprint density at radius 3 is 2.79 bits per heavy atom. The van der Waals surface area contributed by atoms with E-state index in [2.05, 4.69) is 44.9 Å². The van der Waals surface area contributed by atoms with Gasteiger partial charge in [0.2, 0.25) is 0 Å². The predicted octanol–water partition coefficient (Wildman–Crippen LogP) is 2.39. The van der Waals surface area contributed by atoms with Gasteiger partial charge in [0.25, 0.3) is 0 Å². The van der Waals surface area contributed by atoms with Crippen molar-refractivity contribution in [2.45, 2.75) is 26.2 Å². The summed E-state index contributed by atoms with van der Waals surface area (Å²) in [6, 6.07) is 12.2. The van der Waals surface area contributed by atoms with Gasteiger partial charge in [0.05, 0.1) is 7.11 Å². The lowest BCUT2D eigenvalue weighted by atomic mass is 10.1. The maximum absolute atomic E-state index is 5.44. The summed E-state index contributed by atoms with van der Waals surface area (Å²) in [5, 5.41) is 15.2. The number of nitrogens with zero attached hydrogens (tertiary/aromatic N) is 4. The summed E-state index contributed by atoms with van der Waals surface area (Å²) in [5.41, 5.74) is 3.32. The van der Waals surface area contributed by atoms with E-state index in [4.69, 9.17) is 4.74 Å². The largest absolute Gasteiger partial charge is 0.496 e. The zero-order valence-electron chi connectivity index (χ0n) is 16.8. The molecular weight excluding hydrogens is 352 g/mol. The highest BCUT2D eigenvalue weighted by molar-refractivity contribution is 5.79.